The molecule has 2 heterocycles. The predicted molar refractivity (Wildman–Crippen MR) is 99.5 cm³/mol. The number of para-hydroxylation sites is 1. The normalized spacial score (nSPS) is 17.6. The highest BCUT2D eigenvalue weighted by atomic mass is 16.3. The average molecular weight is 323 g/mol. The van der Waals surface area contributed by atoms with Crippen molar-refractivity contribution in [2.24, 2.45) is 0 Å². The third kappa shape index (κ3) is 2.93. The van der Waals surface area contributed by atoms with Crippen molar-refractivity contribution in [2.75, 3.05) is 32.7 Å². The summed E-state index contributed by atoms with van der Waals surface area (Å²) in [6.07, 6.45) is -0.358. The van der Waals surface area contributed by atoms with E-state index in [4.69, 9.17) is 0 Å². The minimum absolute atomic E-state index is 0.358. The molecule has 2 aromatic carbocycles. The monoisotopic (exact) mass is 323 g/mol. The van der Waals surface area contributed by atoms with Gasteiger partial charge in [0.15, 0.2) is 0 Å². The summed E-state index contributed by atoms with van der Waals surface area (Å²) in [6, 6.07) is 15.1. The number of fused-ring (bicyclic) bond motifs is 3. The Labute approximate surface area is 142 Å². The molecule has 3 aromatic rings. The summed E-state index contributed by atoms with van der Waals surface area (Å²) in [4.78, 5) is 2.35. The molecule has 2 N–H and O–H groups in total. The molecule has 4 nitrogen and oxygen atoms in total. The minimum atomic E-state index is -0.358. The van der Waals surface area contributed by atoms with Crippen molar-refractivity contribution in [3.63, 3.8) is 0 Å². The molecule has 1 saturated heterocycles. The summed E-state index contributed by atoms with van der Waals surface area (Å²) < 4.78 is 2.27. The highest BCUT2D eigenvalue weighted by Gasteiger charge is 2.17. The molecule has 4 rings (SSSR count). The number of aromatic nitrogens is 1. The summed E-state index contributed by atoms with van der Waals surface area (Å²) in [5.74, 6) is 0. The van der Waals surface area contributed by atoms with Crippen molar-refractivity contribution in [1.29, 1.82) is 0 Å². The van der Waals surface area contributed by atoms with Crippen LogP contribution in [0.3, 0.4) is 0 Å². The van der Waals surface area contributed by atoms with Crippen LogP contribution in [0.4, 0.5) is 0 Å². The second-order valence-corrected chi connectivity index (χ2v) is 6.85. The number of benzene rings is 2. The van der Waals surface area contributed by atoms with Crippen molar-refractivity contribution in [1.82, 2.24) is 14.8 Å². The molecule has 126 valence electrons. The molecule has 0 saturated carbocycles. The summed E-state index contributed by atoms with van der Waals surface area (Å²) in [6.45, 7) is 7.57. The molecule has 1 fully saturated rings. The molecular weight excluding hydrogens is 298 g/mol. The Bertz CT molecular complexity index is 849. The van der Waals surface area contributed by atoms with Crippen molar-refractivity contribution in [3.05, 3.63) is 48.0 Å². The summed E-state index contributed by atoms with van der Waals surface area (Å²) >= 11 is 0. The standard InChI is InChI=1S/C20H25N3O/c1-15-6-7-20-18(12-15)17-4-2-3-5-19(17)23(20)14-16(24)13-22-10-8-21-9-11-22/h2-7,12,16,21,24H,8-11,13-14H2,1H3. The first-order valence-corrected chi connectivity index (χ1v) is 8.81. The van der Waals surface area contributed by atoms with Gasteiger partial charge in [0.05, 0.1) is 12.6 Å². The Balaban J connectivity index is 1.67. The van der Waals surface area contributed by atoms with Crippen LogP contribution in [0, 0.1) is 6.92 Å². The van der Waals surface area contributed by atoms with E-state index in [-0.39, 0.29) is 6.10 Å². The first-order chi connectivity index (χ1) is 11.7. The van der Waals surface area contributed by atoms with E-state index in [1.807, 2.05) is 0 Å². The Morgan fingerprint density at radius 2 is 1.75 bits per heavy atom. The molecule has 4 heteroatoms. The van der Waals surface area contributed by atoms with E-state index >= 15 is 0 Å². The Kier molecular flexibility index (Phi) is 4.27. The molecule has 0 amide bonds. The summed E-state index contributed by atoms with van der Waals surface area (Å²) in [7, 11) is 0. The van der Waals surface area contributed by atoms with E-state index in [9.17, 15) is 5.11 Å². The van der Waals surface area contributed by atoms with E-state index < -0.39 is 0 Å². The molecule has 24 heavy (non-hydrogen) atoms. The van der Waals surface area contributed by atoms with Crippen LogP contribution >= 0.6 is 0 Å². The second kappa shape index (κ2) is 6.55. The number of hydrogen-bond donors (Lipinski definition) is 2. The maximum Gasteiger partial charge on any atom is 0.0845 e. The van der Waals surface area contributed by atoms with Crippen LogP contribution in [-0.2, 0) is 6.54 Å². The number of hydrogen-bond acceptors (Lipinski definition) is 3. The number of nitrogens with zero attached hydrogens (tertiary/aromatic N) is 2. The number of aliphatic hydroxyl groups is 1. The lowest BCUT2D eigenvalue weighted by Gasteiger charge is -2.29. The number of aryl methyl sites for hydroxylation is 1. The SMILES string of the molecule is Cc1ccc2c(c1)c1ccccc1n2CC(O)CN1CCNCC1. The third-order valence-electron chi connectivity index (χ3n) is 5.00. The number of β-amino-alcohol motifs (C(OH)–C–C–N with tert-alkyl or cyclic N) is 1. The van der Waals surface area contributed by atoms with Gasteiger partial charge in [-0.15, -0.1) is 0 Å². The molecule has 1 atom stereocenters. The summed E-state index contributed by atoms with van der Waals surface area (Å²) in [5, 5.41) is 16.6. The van der Waals surface area contributed by atoms with Crippen molar-refractivity contribution >= 4 is 21.8 Å². The van der Waals surface area contributed by atoms with Gasteiger partial charge in [-0.25, -0.2) is 0 Å². The average Bonchev–Trinajstić information content (AvgIpc) is 2.89. The second-order valence-electron chi connectivity index (χ2n) is 6.85. The zero-order valence-electron chi connectivity index (χ0n) is 14.2. The van der Waals surface area contributed by atoms with Gasteiger partial charge in [-0.1, -0.05) is 29.8 Å². The molecule has 1 aromatic heterocycles. The van der Waals surface area contributed by atoms with E-state index in [0.717, 1.165) is 32.7 Å². The zero-order chi connectivity index (χ0) is 16.5. The van der Waals surface area contributed by atoms with Crippen LogP contribution in [-0.4, -0.2) is 53.4 Å². The Hall–Kier alpha value is -1.88. The molecule has 0 bridgehead atoms. The predicted octanol–water partition coefficient (Wildman–Crippen LogP) is 2.37. The van der Waals surface area contributed by atoms with Crippen molar-refractivity contribution in [3.8, 4) is 0 Å². The van der Waals surface area contributed by atoms with Crippen LogP contribution in [0.15, 0.2) is 42.5 Å². The van der Waals surface area contributed by atoms with Gasteiger partial charge < -0.3 is 15.0 Å². The number of nitrogens with one attached hydrogen (secondary N) is 1. The topological polar surface area (TPSA) is 40.4 Å². The lowest BCUT2D eigenvalue weighted by molar-refractivity contribution is 0.0936. The summed E-state index contributed by atoms with van der Waals surface area (Å²) in [5.41, 5.74) is 3.69. The van der Waals surface area contributed by atoms with Gasteiger partial charge in [0.2, 0.25) is 0 Å². The molecule has 1 unspecified atom stereocenters. The van der Waals surface area contributed by atoms with Crippen LogP contribution in [0.2, 0.25) is 0 Å². The highest BCUT2D eigenvalue weighted by Crippen LogP contribution is 2.29. The van der Waals surface area contributed by atoms with E-state index in [1.165, 1.54) is 27.4 Å². The fraction of sp³-hybridized carbons (Fsp3) is 0.400. The van der Waals surface area contributed by atoms with E-state index in [1.54, 1.807) is 0 Å². The zero-order valence-corrected chi connectivity index (χ0v) is 14.2. The molecule has 0 spiro atoms. The van der Waals surface area contributed by atoms with Gasteiger partial charge >= 0.3 is 0 Å². The molecule has 0 radical (unpaired) electrons. The fourth-order valence-corrected chi connectivity index (χ4v) is 3.82. The van der Waals surface area contributed by atoms with Gasteiger partial charge in [0, 0.05) is 54.5 Å². The highest BCUT2D eigenvalue weighted by molar-refractivity contribution is 6.08. The Morgan fingerprint density at radius 1 is 1.00 bits per heavy atom. The number of piperazine rings is 1. The maximum atomic E-state index is 10.7. The van der Waals surface area contributed by atoms with E-state index in [2.05, 4.69) is 64.2 Å². The lowest BCUT2D eigenvalue weighted by Crippen LogP contribution is -2.46. The van der Waals surface area contributed by atoms with Crippen LogP contribution in [0.5, 0.6) is 0 Å². The molecule has 1 aliphatic heterocycles. The largest absolute Gasteiger partial charge is 0.390 e. The number of aliphatic hydroxyl groups excluding tert-OH is 1. The maximum absolute atomic E-state index is 10.7. The van der Waals surface area contributed by atoms with Gasteiger partial charge in [-0.3, -0.25) is 4.90 Å². The van der Waals surface area contributed by atoms with Gasteiger partial charge in [-0.2, -0.15) is 0 Å². The van der Waals surface area contributed by atoms with Crippen LogP contribution < -0.4 is 5.32 Å². The van der Waals surface area contributed by atoms with Crippen LogP contribution in [0.25, 0.3) is 21.8 Å². The van der Waals surface area contributed by atoms with Crippen molar-refractivity contribution < 1.29 is 5.11 Å². The van der Waals surface area contributed by atoms with Gasteiger partial charge in [0.1, 0.15) is 0 Å². The molecule has 1 aliphatic rings. The smallest absolute Gasteiger partial charge is 0.0845 e. The molecular formula is C20H25N3O. The van der Waals surface area contributed by atoms with Crippen LogP contribution in [0.1, 0.15) is 5.56 Å². The van der Waals surface area contributed by atoms with E-state index in [0.29, 0.717) is 6.54 Å². The Morgan fingerprint density at radius 3 is 2.58 bits per heavy atom. The third-order valence-corrected chi connectivity index (χ3v) is 5.00. The molecule has 0 aliphatic carbocycles. The first-order valence-electron chi connectivity index (χ1n) is 8.81. The van der Waals surface area contributed by atoms with Gasteiger partial charge in [-0.05, 0) is 25.1 Å². The number of rotatable bonds is 4. The quantitative estimate of drug-likeness (QED) is 0.774. The fourth-order valence-electron chi connectivity index (χ4n) is 3.82. The lowest BCUT2D eigenvalue weighted by atomic mass is 10.1. The van der Waals surface area contributed by atoms with Crippen molar-refractivity contribution in [2.45, 2.75) is 19.6 Å². The first kappa shape index (κ1) is 15.6. The van der Waals surface area contributed by atoms with Gasteiger partial charge in [0.25, 0.3) is 0 Å². The minimum Gasteiger partial charge on any atom is -0.390 e.